The molecule has 1 heterocycles. The molecule has 5 heteroatoms. The quantitative estimate of drug-likeness (QED) is 0.489. The molecule has 0 fully saturated rings. The van der Waals surface area contributed by atoms with Gasteiger partial charge in [-0.1, -0.05) is 55.5 Å². The third-order valence-corrected chi connectivity index (χ3v) is 4.64. The average molecular weight is 364 g/mol. The molecule has 0 aliphatic heterocycles. The third kappa shape index (κ3) is 4.63. The van der Waals surface area contributed by atoms with E-state index < -0.39 is 0 Å². The van der Waals surface area contributed by atoms with Crippen LogP contribution in [0.15, 0.2) is 60.8 Å². The molecule has 0 amide bonds. The maximum atomic E-state index is 13.0. The van der Waals surface area contributed by atoms with Gasteiger partial charge in [-0.25, -0.2) is 0 Å². The van der Waals surface area contributed by atoms with Gasteiger partial charge in [0, 0.05) is 35.8 Å². The van der Waals surface area contributed by atoms with Crippen molar-refractivity contribution in [1.82, 2.24) is 9.88 Å². The van der Waals surface area contributed by atoms with Crippen molar-refractivity contribution in [2.75, 3.05) is 20.2 Å². The number of ether oxygens (including phenoxy) is 1. The van der Waals surface area contributed by atoms with E-state index in [2.05, 4.69) is 4.98 Å². The highest BCUT2D eigenvalue weighted by atomic mass is 16.5. The van der Waals surface area contributed by atoms with Crippen molar-refractivity contribution < 1.29 is 14.3 Å². The molecule has 0 spiro atoms. The third-order valence-electron chi connectivity index (χ3n) is 4.64. The van der Waals surface area contributed by atoms with Crippen LogP contribution >= 0.6 is 0 Å². The summed E-state index contributed by atoms with van der Waals surface area (Å²) in [5.41, 5.74) is 2.72. The van der Waals surface area contributed by atoms with Crippen molar-refractivity contribution in [2.24, 2.45) is 5.92 Å². The molecule has 1 unspecified atom stereocenters. The van der Waals surface area contributed by atoms with E-state index >= 15 is 0 Å². The number of carbonyl (C=O) groups excluding carboxylic acids is 2. The van der Waals surface area contributed by atoms with Gasteiger partial charge in [-0.05, 0) is 11.6 Å². The molecule has 0 saturated heterocycles. The number of nitrogens with zero attached hydrogens (tertiary/aromatic N) is 1. The molecule has 3 rings (SSSR count). The van der Waals surface area contributed by atoms with Gasteiger partial charge in [0.15, 0.2) is 5.78 Å². The monoisotopic (exact) mass is 364 g/mol. The van der Waals surface area contributed by atoms with Crippen LogP contribution in [0.2, 0.25) is 0 Å². The number of benzene rings is 2. The SMILES string of the molecule is COC(=O)C(C)CN(CC(=O)c1c[nH]c2ccccc12)Cc1ccccc1. The van der Waals surface area contributed by atoms with Crippen LogP contribution in [0.5, 0.6) is 0 Å². The van der Waals surface area contributed by atoms with Crippen LogP contribution in [-0.4, -0.2) is 41.8 Å². The van der Waals surface area contributed by atoms with Gasteiger partial charge in [-0.15, -0.1) is 0 Å². The number of hydrogen-bond donors (Lipinski definition) is 1. The number of ketones is 1. The lowest BCUT2D eigenvalue weighted by Crippen LogP contribution is -2.35. The Bertz CT molecular complexity index is 917. The topological polar surface area (TPSA) is 62.4 Å². The van der Waals surface area contributed by atoms with Crippen molar-refractivity contribution in [3.63, 3.8) is 0 Å². The van der Waals surface area contributed by atoms with Crippen molar-refractivity contribution in [3.8, 4) is 0 Å². The van der Waals surface area contributed by atoms with Gasteiger partial charge >= 0.3 is 5.97 Å². The molecule has 1 atom stereocenters. The summed E-state index contributed by atoms with van der Waals surface area (Å²) in [6, 6.07) is 17.7. The van der Waals surface area contributed by atoms with E-state index in [0.717, 1.165) is 16.5 Å². The number of rotatable bonds is 8. The van der Waals surface area contributed by atoms with Crippen LogP contribution in [0, 0.1) is 5.92 Å². The molecule has 1 N–H and O–H groups in total. The predicted octanol–water partition coefficient (Wildman–Crippen LogP) is 3.66. The normalized spacial score (nSPS) is 12.3. The zero-order valence-electron chi connectivity index (χ0n) is 15.6. The molecule has 27 heavy (non-hydrogen) atoms. The number of para-hydroxylation sites is 1. The predicted molar refractivity (Wildman–Crippen MR) is 106 cm³/mol. The highest BCUT2D eigenvalue weighted by Crippen LogP contribution is 2.19. The van der Waals surface area contributed by atoms with E-state index in [9.17, 15) is 9.59 Å². The number of nitrogens with one attached hydrogen (secondary N) is 1. The minimum absolute atomic E-state index is 0.0282. The molecule has 0 aliphatic rings. The summed E-state index contributed by atoms with van der Waals surface area (Å²) in [7, 11) is 1.39. The molecule has 0 radical (unpaired) electrons. The van der Waals surface area contributed by atoms with Gasteiger partial charge in [0.1, 0.15) is 0 Å². The summed E-state index contributed by atoms with van der Waals surface area (Å²) in [4.78, 5) is 30.0. The second-order valence-corrected chi connectivity index (χ2v) is 6.75. The number of esters is 1. The summed E-state index contributed by atoms with van der Waals surface area (Å²) < 4.78 is 4.84. The summed E-state index contributed by atoms with van der Waals surface area (Å²) in [6.07, 6.45) is 1.76. The molecule has 5 nitrogen and oxygen atoms in total. The number of hydrogen-bond acceptors (Lipinski definition) is 4. The molecular formula is C22H24N2O3. The highest BCUT2D eigenvalue weighted by Gasteiger charge is 2.21. The van der Waals surface area contributed by atoms with Gasteiger partial charge in [0.2, 0.25) is 0 Å². The Hall–Kier alpha value is -2.92. The fourth-order valence-corrected chi connectivity index (χ4v) is 3.28. The molecule has 0 aliphatic carbocycles. The van der Waals surface area contributed by atoms with Crippen LogP contribution in [0.3, 0.4) is 0 Å². The van der Waals surface area contributed by atoms with E-state index in [-0.39, 0.29) is 24.2 Å². The lowest BCUT2D eigenvalue weighted by Gasteiger charge is -2.24. The molecule has 140 valence electrons. The van der Waals surface area contributed by atoms with E-state index in [1.54, 1.807) is 6.20 Å². The Morgan fingerprint density at radius 2 is 1.78 bits per heavy atom. The molecule has 0 saturated carbocycles. The summed E-state index contributed by atoms with van der Waals surface area (Å²) in [5.74, 6) is -0.553. The highest BCUT2D eigenvalue weighted by molar-refractivity contribution is 6.08. The van der Waals surface area contributed by atoms with E-state index in [1.165, 1.54) is 7.11 Å². The van der Waals surface area contributed by atoms with Crippen molar-refractivity contribution in [1.29, 1.82) is 0 Å². The van der Waals surface area contributed by atoms with Crippen LogP contribution in [-0.2, 0) is 16.1 Å². The Morgan fingerprint density at radius 3 is 2.52 bits per heavy atom. The lowest BCUT2D eigenvalue weighted by atomic mass is 10.1. The van der Waals surface area contributed by atoms with Gasteiger partial charge in [-0.3, -0.25) is 14.5 Å². The first-order valence-corrected chi connectivity index (χ1v) is 9.02. The fraction of sp³-hybridized carbons (Fsp3) is 0.273. The largest absolute Gasteiger partial charge is 0.469 e. The van der Waals surface area contributed by atoms with Crippen LogP contribution in [0.1, 0.15) is 22.8 Å². The summed E-state index contributed by atoms with van der Waals surface area (Å²) >= 11 is 0. The maximum absolute atomic E-state index is 13.0. The molecule has 2 aromatic carbocycles. The number of carbonyl (C=O) groups is 2. The van der Waals surface area contributed by atoms with E-state index in [4.69, 9.17) is 4.74 Å². The minimum atomic E-state index is -0.311. The number of aromatic amines is 1. The molecule has 3 aromatic rings. The van der Waals surface area contributed by atoms with Gasteiger partial charge in [0.25, 0.3) is 0 Å². The van der Waals surface area contributed by atoms with Crippen molar-refractivity contribution >= 4 is 22.7 Å². The Morgan fingerprint density at radius 1 is 1.07 bits per heavy atom. The minimum Gasteiger partial charge on any atom is -0.469 e. The molecular weight excluding hydrogens is 340 g/mol. The average Bonchev–Trinajstić information content (AvgIpc) is 3.12. The van der Waals surface area contributed by atoms with Gasteiger partial charge < -0.3 is 9.72 Å². The first-order chi connectivity index (χ1) is 13.1. The summed E-state index contributed by atoms with van der Waals surface area (Å²) in [6.45, 7) is 3.10. The second-order valence-electron chi connectivity index (χ2n) is 6.75. The Balaban J connectivity index is 1.79. The smallest absolute Gasteiger partial charge is 0.309 e. The number of H-pyrrole nitrogens is 1. The van der Waals surface area contributed by atoms with Crippen LogP contribution < -0.4 is 0 Å². The zero-order valence-corrected chi connectivity index (χ0v) is 15.6. The number of fused-ring (bicyclic) bond motifs is 1. The number of methoxy groups -OCH3 is 1. The summed E-state index contributed by atoms with van der Waals surface area (Å²) in [5, 5.41) is 0.920. The Labute approximate surface area is 158 Å². The first-order valence-electron chi connectivity index (χ1n) is 9.02. The maximum Gasteiger partial charge on any atom is 0.309 e. The number of aromatic nitrogens is 1. The van der Waals surface area contributed by atoms with E-state index in [1.807, 2.05) is 66.4 Å². The molecule has 1 aromatic heterocycles. The van der Waals surface area contributed by atoms with E-state index in [0.29, 0.717) is 18.7 Å². The van der Waals surface area contributed by atoms with Gasteiger partial charge in [-0.2, -0.15) is 0 Å². The van der Waals surface area contributed by atoms with Crippen molar-refractivity contribution in [3.05, 3.63) is 71.9 Å². The van der Waals surface area contributed by atoms with Gasteiger partial charge in [0.05, 0.1) is 19.6 Å². The zero-order chi connectivity index (χ0) is 19.2. The van der Waals surface area contributed by atoms with Crippen molar-refractivity contribution in [2.45, 2.75) is 13.5 Å². The fourth-order valence-electron chi connectivity index (χ4n) is 3.28. The second kappa shape index (κ2) is 8.64. The number of Topliss-reactive ketones (excluding diaryl/α,β-unsaturated/α-hetero) is 1. The van der Waals surface area contributed by atoms with Crippen LogP contribution in [0.4, 0.5) is 0 Å². The first kappa shape index (κ1) is 18.9. The van der Waals surface area contributed by atoms with Crippen LogP contribution in [0.25, 0.3) is 10.9 Å². The standard InChI is InChI=1S/C22H24N2O3/c1-16(22(26)27-2)13-24(14-17-8-4-3-5-9-17)15-21(25)19-12-23-20-11-7-6-10-18(19)20/h3-12,16,23H,13-15H2,1-2H3. The Kier molecular flexibility index (Phi) is 6.04. The lowest BCUT2D eigenvalue weighted by molar-refractivity contribution is -0.145. The molecule has 0 bridgehead atoms.